The van der Waals surface area contributed by atoms with Crippen LogP contribution in [0.4, 0.5) is 13.2 Å². The van der Waals surface area contributed by atoms with Crippen LogP contribution in [0.5, 0.6) is 0 Å². The van der Waals surface area contributed by atoms with Crippen molar-refractivity contribution in [2.24, 2.45) is 0 Å². The number of alkyl halides is 3. The van der Waals surface area contributed by atoms with Gasteiger partial charge in [-0.3, -0.25) is 4.79 Å². The summed E-state index contributed by atoms with van der Waals surface area (Å²) in [4.78, 5) is 12.7. The van der Waals surface area contributed by atoms with Gasteiger partial charge in [-0.05, 0) is 32.4 Å². The lowest BCUT2D eigenvalue weighted by Gasteiger charge is -2.10. The first kappa shape index (κ1) is 16.2. The summed E-state index contributed by atoms with van der Waals surface area (Å²) in [5, 5.41) is 3.03. The van der Waals surface area contributed by atoms with Crippen LogP contribution < -0.4 is 5.32 Å². The van der Waals surface area contributed by atoms with Crippen LogP contribution in [0.2, 0.25) is 0 Å². The van der Waals surface area contributed by atoms with E-state index in [-0.39, 0.29) is 12.3 Å². The molecule has 17 heavy (non-hydrogen) atoms. The van der Waals surface area contributed by atoms with Gasteiger partial charge in [0.2, 0.25) is 5.91 Å². The lowest BCUT2D eigenvalue weighted by Crippen LogP contribution is -2.24. The maximum Gasteiger partial charge on any atom is 0.389 e. The molecule has 102 valence electrons. The summed E-state index contributed by atoms with van der Waals surface area (Å²) in [6, 6.07) is 0. The number of hydrogen-bond acceptors (Lipinski definition) is 2. The van der Waals surface area contributed by atoms with Crippen LogP contribution in [0.25, 0.3) is 0 Å². The topological polar surface area (TPSA) is 32.3 Å². The third-order valence-electron chi connectivity index (χ3n) is 2.31. The van der Waals surface area contributed by atoms with Crippen molar-refractivity contribution in [2.75, 3.05) is 27.2 Å². The Bertz CT molecular complexity index is 217. The second-order valence-electron chi connectivity index (χ2n) is 4.21. The average Bonchev–Trinajstić information content (AvgIpc) is 2.19. The molecule has 3 nitrogen and oxygen atoms in total. The molecule has 0 fully saturated rings. The zero-order valence-corrected chi connectivity index (χ0v) is 10.4. The Morgan fingerprint density at radius 3 is 2.24 bits per heavy atom. The van der Waals surface area contributed by atoms with E-state index in [0.717, 1.165) is 6.42 Å². The Hall–Kier alpha value is -0.780. The van der Waals surface area contributed by atoms with Gasteiger partial charge in [0.05, 0.1) is 0 Å². The number of hydrogen-bond donors (Lipinski definition) is 1. The Kier molecular flexibility index (Phi) is 7.95. The molecule has 0 aromatic carbocycles. The molecule has 0 radical (unpaired) electrons. The first-order valence-corrected chi connectivity index (χ1v) is 5.80. The normalized spacial score (nSPS) is 11.6. The van der Waals surface area contributed by atoms with E-state index in [4.69, 9.17) is 0 Å². The summed E-state index contributed by atoms with van der Waals surface area (Å²) < 4.78 is 35.4. The molecule has 0 heterocycles. The maximum absolute atomic E-state index is 11.8. The highest BCUT2D eigenvalue weighted by Crippen LogP contribution is 2.21. The number of nitrogens with one attached hydrogen (secondary N) is 1. The van der Waals surface area contributed by atoms with Crippen LogP contribution in [0.15, 0.2) is 0 Å². The monoisotopic (exact) mass is 254 g/mol. The van der Waals surface area contributed by atoms with Gasteiger partial charge in [0.15, 0.2) is 0 Å². The molecule has 0 aromatic heterocycles. The highest BCUT2D eigenvalue weighted by atomic mass is 19.4. The van der Waals surface area contributed by atoms with Crippen molar-refractivity contribution in [3.05, 3.63) is 0 Å². The van der Waals surface area contributed by atoms with Gasteiger partial charge in [-0.1, -0.05) is 0 Å². The van der Waals surface area contributed by atoms with E-state index in [1.807, 2.05) is 0 Å². The molecule has 0 aromatic rings. The van der Waals surface area contributed by atoms with Crippen LogP contribution in [0.1, 0.15) is 32.1 Å². The largest absolute Gasteiger partial charge is 0.389 e. The van der Waals surface area contributed by atoms with Crippen LogP contribution in [-0.2, 0) is 4.79 Å². The molecule has 0 unspecified atom stereocenters. The molecule has 0 atom stereocenters. The van der Waals surface area contributed by atoms with Crippen molar-refractivity contribution in [3.8, 4) is 0 Å². The van der Waals surface area contributed by atoms with E-state index in [0.29, 0.717) is 25.9 Å². The van der Waals surface area contributed by atoms with E-state index >= 15 is 0 Å². The van der Waals surface area contributed by atoms with Crippen molar-refractivity contribution in [1.82, 2.24) is 10.2 Å². The van der Waals surface area contributed by atoms with Gasteiger partial charge >= 0.3 is 6.18 Å². The third kappa shape index (κ3) is 11.5. The Morgan fingerprint density at radius 1 is 1.12 bits per heavy atom. The summed E-state index contributed by atoms with van der Waals surface area (Å²) in [6.07, 6.45) is -2.89. The molecule has 1 amide bonds. The average molecular weight is 254 g/mol. The van der Waals surface area contributed by atoms with Gasteiger partial charge in [-0.25, -0.2) is 0 Å². The lowest BCUT2D eigenvalue weighted by atomic mass is 10.2. The molecular weight excluding hydrogens is 233 g/mol. The molecule has 0 spiro atoms. The molecule has 0 aliphatic heterocycles. The zero-order valence-electron chi connectivity index (χ0n) is 10.4. The summed E-state index contributed by atoms with van der Waals surface area (Å²) in [5.41, 5.74) is 0. The fourth-order valence-electron chi connectivity index (χ4n) is 1.29. The Labute approximate surface area is 100 Å². The third-order valence-corrected chi connectivity index (χ3v) is 2.31. The van der Waals surface area contributed by atoms with Crippen LogP contribution in [0, 0.1) is 0 Å². The fourth-order valence-corrected chi connectivity index (χ4v) is 1.29. The molecule has 1 N–H and O–H groups in total. The minimum Gasteiger partial charge on any atom is -0.349 e. The highest BCUT2D eigenvalue weighted by Gasteiger charge is 2.25. The zero-order chi connectivity index (χ0) is 13.3. The minimum atomic E-state index is -4.04. The van der Waals surface area contributed by atoms with E-state index < -0.39 is 12.6 Å². The highest BCUT2D eigenvalue weighted by molar-refractivity contribution is 5.75. The standard InChI is InChI=1S/C11H21F3N2O/c1-16(2)10(17)6-5-9-15-8-4-3-7-11(12,13)14/h15H,3-9H2,1-2H3. The van der Waals surface area contributed by atoms with Crippen molar-refractivity contribution >= 4 is 5.91 Å². The predicted octanol–water partition coefficient (Wildman–Crippen LogP) is 2.18. The number of halogens is 3. The molecule has 0 aliphatic rings. The molecule has 0 saturated heterocycles. The molecule has 0 saturated carbocycles. The van der Waals surface area contributed by atoms with Crippen molar-refractivity contribution < 1.29 is 18.0 Å². The SMILES string of the molecule is CN(C)C(=O)CCCNCCCCC(F)(F)F. The number of amides is 1. The Morgan fingerprint density at radius 2 is 1.71 bits per heavy atom. The fraction of sp³-hybridized carbons (Fsp3) is 0.909. The van der Waals surface area contributed by atoms with Gasteiger partial charge in [-0.2, -0.15) is 13.2 Å². The van der Waals surface area contributed by atoms with Gasteiger partial charge in [-0.15, -0.1) is 0 Å². The quantitative estimate of drug-likeness (QED) is 0.673. The van der Waals surface area contributed by atoms with E-state index in [1.165, 1.54) is 4.90 Å². The summed E-state index contributed by atoms with van der Waals surface area (Å²) in [6.45, 7) is 1.25. The van der Waals surface area contributed by atoms with Crippen molar-refractivity contribution in [3.63, 3.8) is 0 Å². The van der Waals surface area contributed by atoms with Crippen LogP contribution in [0.3, 0.4) is 0 Å². The number of carbonyl (C=O) groups is 1. The Balaban J connectivity index is 3.22. The van der Waals surface area contributed by atoms with Gasteiger partial charge in [0, 0.05) is 26.9 Å². The second kappa shape index (κ2) is 8.33. The first-order valence-electron chi connectivity index (χ1n) is 5.80. The predicted molar refractivity (Wildman–Crippen MR) is 60.7 cm³/mol. The van der Waals surface area contributed by atoms with Crippen LogP contribution in [-0.4, -0.2) is 44.2 Å². The second-order valence-corrected chi connectivity index (χ2v) is 4.21. The summed E-state index contributed by atoms with van der Waals surface area (Å²) in [7, 11) is 3.40. The molecule has 0 rings (SSSR count). The molecule has 0 aliphatic carbocycles. The number of carbonyl (C=O) groups excluding carboxylic acids is 1. The van der Waals surface area contributed by atoms with E-state index in [1.54, 1.807) is 14.1 Å². The van der Waals surface area contributed by atoms with E-state index in [2.05, 4.69) is 5.32 Å². The smallest absolute Gasteiger partial charge is 0.349 e. The van der Waals surface area contributed by atoms with Crippen molar-refractivity contribution in [2.45, 2.75) is 38.3 Å². The lowest BCUT2D eigenvalue weighted by molar-refractivity contribution is -0.135. The molecule has 0 bridgehead atoms. The number of unbranched alkanes of at least 4 members (excludes halogenated alkanes) is 1. The van der Waals surface area contributed by atoms with Gasteiger partial charge < -0.3 is 10.2 Å². The molecule has 6 heteroatoms. The molecular formula is C11H21F3N2O. The van der Waals surface area contributed by atoms with Crippen LogP contribution >= 0.6 is 0 Å². The number of rotatable bonds is 8. The minimum absolute atomic E-state index is 0.0730. The van der Waals surface area contributed by atoms with Gasteiger partial charge in [0.1, 0.15) is 0 Å². The number of nitrogens with zero attached hydrogens (tertiary/aromatic N) is 1. The summed E-state index contributed by atoms with van der Waals surface area (Å²) >= 11 is 0. The van der Waals surface area contributed by atoms with Gasteiger partial charge in [0.25, 0.3) is 0 Å². The first-order chi connectivity index (χ1) is 7.83. The summed E-state index contributed by atoms with van der Waals surface area (Å²) in [5.74, 6) is 0.0730. The van der Waals surface area contributed by atoms with E-state index in [9.17, 15) is 18.0 Å². The maximum atomic E-state index is 11.8. The van der Waals surface area contributed by atoms with Crippen molar-refractivity contribution in [1.29, 1.82) is 0 Å².